The summed E-state index contributed by atoms with van der Waals surface area (Å²) in [5.74, 6) is -0.547. The molecule has 0 saturated carbocycles. The van der Waals surface area contributed by atoms with Crippen LogP contribution in [0.1, 0.15) is 11.1 Å². The van der Waals surface area contributed by atoms with E-state index < -0.39 is 35.9 Å². The van der Waals surface area contributed by atoms with Crippen molar-refractivity contribution < 1.29 is 94.6 Å². The van der Waals surface area contributed by atoms with Gasteiger partial charge in [0.05, 0.1) is 9.79 Å². The summed E-state index contributed by atoms with van der Waals surface area (Å²) in [5.41, 5.74) is 0.0539. The molecule has 1 amide bonds. The number of ether oxygens (including phenoxy) is 1. The average molecular weight is 471 g/mol. The minimum atomic E-state index is -4.91. The van der Waals surface area contributed by atoms with Crippen molar-refractivity contribution in [2.24, 2.45) is 0 Å². The van der Waals surface area contributed by atoms with Crippen LogP contribution in [0, 0.1) is 0 Å². The van der Waals surface area contributed by atoms with Crippen LogP contribution in [0.25, 0.3) is 12.2 Å². The van der Waals surface area contributed by atoms with Crippen molar-refractivity contribution in [2.45, 2.75) is 9.79 Å². The normalized spacial score (nSPS) is 11.4. The molecule has 2 aromatic rings. The number of hydrogen-bond acceptors (Lipinski definition) is 8. The molecule has 0 heterocycles. The number of carbonyl (C=O) groups is 1. The fraction of sp³-hybridized carbons (Fsp3) is 0.118. The quantitative estimate of drug-likeness (QED) is 0.240. The maximum Gasteiger partial charge on any atom is 1.00 e. The largest absolute Gasteiger partial charge is 1.00 e. The molecule has 0 spiro atoms. The minimum Gasteiger partial charge on any atom is -0.744 e. The summed E-state index contributed by atoms with van der Waals surface area (Å²) in [6, 6.07) is 8.93. The molecule has 150 valence electrons. The molecule has 2 rings (SSSR count). The predicted molar refractivity (Wildman–Crippen MR) is 98.2 cm³/mol. The second-order valence-corrected chi connectivity index (χ2v) is 8.21. The molecule has 0 aliphatic carbocycles. The molecule has 13 heteroatoms. The van der Waals surface area contributed by atoms with Gasteiger partial charge in [-0.1, -0.05) is 36.4 Å². The summed E-state index contributed by atoms with van der Waals surface area (Å²) in [4.78, 5) is 10.4. The Labute approximate surface area is 219 Å². The van der Waals surface area contributed by atoms with E-state index in [0.29, 0.717) is 0 Å². The number of carbonyl (C=O) groups excluding carboxylic acids is 1. The Kier molecular flexibility index (Phi) is 12.2. The van der Waals surface area contributed by atoms with Gasteiger partial charge in [0.15, 0.2) is 0 Å². The summed E-state index contributed by atoms with van der Waals surface area (Å²) in [6.45, 7) is -0.262. The average Bonchev–Trinajstić information content (AvgIpc) is 2.59. The van der Waals surface area contributed by atoms with E-state index in [1.165, 1.54) is 49.6 Å². The molecule has 0 fully saturated rings. The first-order valence-corrected chi connectivity index (χ1v) is 10.5. The SMILES string of the molecule is COCC(=O)Nc1ccc(/C=C/c2ccccc2S(=O)(=O)[O-])c(S(=O)(=O)[O-])c1.[Na+].[Na+]. The van der Waals surface area contributed by atoms with Crippen LogP contribution in [0.4, 0.5) is 5.69 Å². The van der Waals surface area contributed by atoms with Gasteiger partial charge in [-0.25, -0.2) is 16.8 Å². The zero-order valence-electron chi connectivity index (χ0n) is 16.5. The van der Waals surface area contributed by atoms with Crippen molar-refractivity contribution in [3.8, 4) is 0 Å². The number of amides is 1. The third-order valence-electron chi connectivity index (χ3n) is 3.47. The summed E-state index contributed by atoms with van der Waals surface area (Å²) in [7, 11) is -8.35. The Morgan fingerprint density at radius 1 is 0.933 bits per heavy atom. The van der Waals surface area contributed by atoms with E-state index in [9.17, 15) is 30.7 Å². The van der Waals surface area contributed by atoms with Gasteiger partial charge in [0.2, 0.25) is 5.91 Å². The zero-order chi connectivity index (χ0) is 20.9. The van der Waals surface area contributed by atoms with Crippen LogP contribution < -0.4 is 64.4 Å². The van der Waals surface area contributed by atoms with E-state index in [1.54, 1.807) is 0 Å². The maximum absolute atomic E-state index is 11.6. The van der Waals surface area contributed by atoms with Gasteiger partial charge in [-0.15, -0.1) is 0 Å². The van der Waals surface area contributed by atoms with Gasteiger partial charge >= 0.3 is 59.1 Å². The summed E-state index contributed by atoms with van der Waals surface area (Å²) >= 11 is 0. The number of methoxy groups -OCH3 is 1. The van der Waals surface area contributed by atoms with E-state index >= 15 is 0 Å². The smallest absolute Gasteiger partial charge is 0.744 e. The number of anilines is 1. The molecular formula is C17H15NNa2O8S2. The Morgan fingerprint density at radius 3 is 2.00 bits per heavy atom. The van der Waals surface area contributed by atoms with Crippen molar-refractivity contribution in [1.29, 1.82) is 0 Å². The molecule has 9 nitrogen and oxygen atoms in total. The molecule has 1 N–H and O–H groups in total. The molecule has 2 aromatic carbocycles. The van der Waals surface area contributed by atoms with Gasteiger partial charge in [0, 0.05) is 12.8 Å². The fourth-order valence-corrected chi connectivity index (χ4v) is 3.69. The Hall–Kier alpha value is -0.570. The van der Waals surface area contributed by atoms with Crippen LogP contribution in [0.5, 0.6) is 0 Å². The second kappa shape index (κ2) is 12.5. The molecule has 0 atom stereocenters. The Morgan fingerprint density at radius 2 is 1.47 bits per heavy atom. The van der Waals surface area contributed by atoms with E-state index in [0.717, 1.165) is 12.1 Å². The molecule has 0 bridgehead atoms. The van der Waals surface area contributed by atoms with Crippen molar-refractivity contribution in [3.63, 3.8) is 0 Å². The topological polar surface area (TPSA) is 153 Å². The Bertz CT molecular complexity index is 1130. The molecule has 0 unspecified atom stereocenters. The molecule has 0 aliphatic rings. The second-order valence-electron chi connectivity index (χ2n) is 5.51. The Balaban J connectivity index is 0.00000420. The maximum atomic E-state index is 11.6. The summed E-state index contributed by atoms with van der Waals surface area (Å²) < 4.78 is 73.3. The van der Waals surface area contributed by atoms with Gasteiger partial charge in [-0.3, -0.25) is 4.79 Å². The summed E-state index contributed by atoms with van der Waals surface area (Å²) in [6.07, 6.45) is 2.40. The molecule has 0 aromatic heterocycles. The van der Waals surface area contributed by atoms with Crippen LogP contribution in [0.3, 0.4) is 0 Å². The van der Waals surface area contributed by atoms with E-state index in [2.05, 4.69) is 10.1 Å². The third-order valence-corrected chi connectivity index (χ3v) is 5.28. The standard InChI is InChI=1S/C17H17NO8S2.2Na/c1-26-11-17(19)18-14-9-8-13(16(10-14)28(23,24)25)7-6-12-4-2-3-5-15(12)27(20,21)22;;/h2-10H,11H2,1H3,(H,18,19)(H,20,21,22)(H,23,24,25);;/q;2*+1/p-2/b7-6+;;. The molecular weight excluding hydrogens is 456 g/mol. The first-order chi connectivity index (χ1) is 13.0. The predicted octanol–water partition coefficient (Wildman–Crippen LogP) is -4.74. The number of hydrogen-bond donors (Lipinski definition) is 1. The van der Waals surface area contributed by atoms with Gasteiger partial charge in [-0.2, -0.15) is 0 Å². The van der Waals surface area contributed by atoms with Crippen LogP contribution in [0.2, 0.25) is 0 Å². The first-order valence-electron chi connectivity index (χ1n) is 7.64. The molecule has 0 saturated heterocycles. The fourth-order valence-electron chi connectivity index (χ4n) is 2.32. The van der Waals surface area contributed by atoms with Gasteiger partial charge in [0.25, 0.3) is 0 Å². The number of benzene rings is 2. The number of rotatable bonds is 7. The van der Waals surface area contributed by atoms with E-state index in [4.69, 9.17) is 0 Å². The number of nitrogens with one attached hydrogen (secondary N) is 1. The van der Waals surface area contributed by atoms with Crippen molar-refractivity contribution >= 4 is 44.0 Å². The van der Waals surface area contributed by atoms with Gasteiger partial charge in [-0.05, 0) is 29.3 Å². The van der Waals surface area contributed by atoms with E-state index in [1.807, 2.05) is 0 Å². The molecule has 0 radical (unpaired) electrons. The third kappa shape index (κ3) is 8.52. The van der Waals surface area contributed by atoms with Crippen molar-refractivity contribution in [2.75, 3.05) is 19.0 Å². The van der Waals surface area contributed by atoms with Crippen molar-refractivity contribution in [1.82, 2.24) is 0 Å². The zero-order valence-corrected chi connectivity index (χ0v) is 22.1. The van der Waals surface area contributed by atoms with E-state index in [-0.39, 0.29) is 82.5 Å². The van der Waals surface area contributed by atoms with Gasteiger partial charge in [0.1, 0.15) is 26.8 Å². The molecule has 0 aliphatic heterocycles. The van der Waals surface area contributed by atoms with Crippen LogP contribution in [-0.4, -0.2) is 45.6 Å². The monoisotopic (exact) mass is 471 g/mol. The minimum absolute atomic E-state index is 0. The van der Waals surface area contributed by atoms with Crippen LogP contribution >= 0.6 is 0 Å². The summed E-state index contributed by atoms with van der Waals surface area (Å²) in [5, 5.41) is 2.37. The van der Waals surface area contributed by atoms with Crippen molar-refractivity contribution in [3.05, 3.63) is 53.6 Å². The first kappa shape index (κ1) is 29.4. The van der Waals surface area contributed by atoms with Crippen LogP contribution in [0.15, 0.2) is 52.3 Å². The van der Waals surface area contributed by atoms with Crippen LogP contribution in [-0.2, 0) is 29.8 Å². The molecule has 30 heavy (non-hydrogen) atoms. The van der Waals surface area contributed by atoms with Gasteiger partial charge < -0.3 is 19.2 Å².